The van der Waals surface area contributed by atoms with Crippen LogP contribution >= 0.6 is 0 Å². The first-order chi connectivity index (χ1) is 10.4. The van der Waals surface area contributed by atoms with Gasteiger partial charge >= 0.3 is 18.7 Å². The number of para-hydroxylation sites is 1. The number of amides is 1. The number of rotatable bonds is 7. The summed E-state index contributed by atoms with van der Waals surface area (Å²) in [6.07, 6.45) is 0.384. The molecule has 0 aliphatic carbocycles. The van der Waals surface area contributed by atoms with Gasteiger partial charge in [0.2, 0.25) is 0 Å². The maximum Gasteiger partial charge on any atom is 0.410 e. The summed E-state index contributed by atoms with van der Waals surface area (Å²) in [5.74, 6) is -1.74. The number of hydrogen-bond donors (Lipinski definition) is 1. The molecule has 1 N–H and O–H groups in total. The zero-order chi connectivity index (χ0) is 16.7. The Morgan fingerprint density at radius 3 is 2.59 bits per heavy atom. The van der Waals surface area contributed by atoms with Gasteiger partial charge in [-0.25, -0.2) is 9.59 Å². The SMILES string of the molecule is C=CCOC(=O)N(C)C(C(=O)O)c1ccccc1OC(F)F. The van der Waals surface area contributed by atoms with Gasteiger partial charge in [0.25, 0.3) is 0 Å². The first-order valence-electron chi connectivity index (χ1n) is 6.15. The van der Waals surface area contributed by atoms with Crippen LogP contribution in [0.2, 0.25) is 0 Å². The lowest BCUT2D eigenvalue weighted by Gasteiger charge is -2.25. The van der Waals surface area contributed by atoms with Crippen LogP contribution in [0, 0.1) is 0 Å². The maximum absolute atomic E-state index is 12.4. The molecule has 0 radical (unpaired) electrons. The van der Waals surface area contributed by atoms with E-state index in [0.29, 0.717) is 0 Å². The fourth-order valence-corrected chi connectivity index (χ4v) is 1.75. The van der Waals surface area contributed by atoms with E-state index in [1.807, 2.05) is 0 Å². The van der Waals surface area contributed by atoms with Crippen molar-refractivity contribution in [3.8, 4) is 5.75 Å². The van der Waals surface area contributed by atoms with Gasteiger partial charge in [-0.15, -0.1) is 0 Å². The van der Waals surface area contributed by atoms with Gasteiger partial charge in [0.15, 0.2) is 6.04 Å². The van der Waals surface area contributed by atoms with Gasteiger partial charge in [0.05, 0.1) is 0 Å². The molecule has 0 saturated carbocycles. The highest BCUT2D eigenvalue weighted by atomic mass is 19.3. The van der Waals surface area contributed by atoms with Gasteiger partial charge in [0.1, 0.15) is 12.4 Å². The van der Waals surface area contributed by atoms with E-state index in [1.165, 1.54) is 37.4 Å². The number of carbonyl (C=O) groups excluding carboxylic acids is 1. The zero-order valence-electron chi connectivity index (χ0n) is 11.7. The molecule has 120 valence electrons. The maximum atomic E-state index is 12.4. The van der Waals surface area contributed by atoms with E-state index in [9.17, 15) is 23.5 Å². The standard InChI is InChI=1S/C14H15F2NO5/c1-3-8-21-14(20)17(2)11(12(18)19)9-6-4-5-7-10(9)22-13(15)16/h3-7,11,13H,1,8H2,2H3,(H,18,19). The summed E-state index contributed by atoms with van der Waals surface area (Å²) >= 11 is 0. The van der Waals surface area contributed by atoms with E-state index in [-0.39, 0.29) is 17.9 Å². The van der Waals surface area contributed by atoms with Gasteiger partial charge in [-0.2, -0.15) is 8.78 Å². The molecule has 22 heavy (non-hydrogen) atoms. The predicted molar refractivity (Wildman–Crippen MR) is 72.8 cm³/mol. The molecule has 1 atom stereocenters. The van der Waals surface area contributed by atoms with Crippen LogP contribution in [0.4, 0.5) is 13.6 Å². The fourth-order valence-electron chi connectivity index (χ4n) is 1.75. The van der Waals surface area contributed by atoms with Crippen LogP contribution in [-0.4, -0.2) is 42.3 Å². The molecular weight excluding hydrogens is 300 g/mol. The summed E-state index contributed by atoms with van der Waals surface area (Å²) in [4.78, 5) is 24.0. The van der Waals surface area contributed by atoms with E-state index < -0.39 is 24.7 Å². The largest absolute Gasteiger partial charge is 0.479 e. The molecule has 1 amide bonds. The molecule has 0 fully saturated rings. The number of benzene rings is 1. The highest BCUT2D eigenvalue weighted by Crippen LogP contribution is 2.30. The number of carbonyl (C=O) groups is 2. The Labute approximate surface area is 125 Å². The number of aliphatic carboxylic acids is 1. The highest BCUT2D eigenvalue weighted by molar-refractivity contribution is 5.82. The van der Waals surface area contributed by atoms with Gasteiger partial charge in [0, 0.05) is 12.6 Å². The number of carboxylic acid groups (broad SMARTS) is 1. The number of carboxylic acids is 1. The van der Waals surface area contributed by atoms with Gasteiger partial charge in [-0.05, 0) is 6.07 Å². The number of ether oxygens (including phenoxy) is 2. The Morgan fingerprint density at radius 1 is 1.41 bits per heavy atom. The Kier molecular flexibility index (Phi) is 6.30. The van der Waals surface area contributed by atoms with Crippen molar-refractivity contribution >= 4 is 12.1 Å². The van der Waals surface area contributed by atoms with Crippen LogP contribution in [0.15, 0.2) is 36.9 Å². The van der Waals surface area contributed by atoms with Crippen molar-refractivity contribution in [2.24, 2.45) is 0 Å². The first kappa shape index (κ1) is 17.4. The molecule has 0 bridgehead atoms. The van der Waals surface area contributed by atoms with Crippen LogP contribution < -0.4 is 4.74 Å². The molecule has 6 nitrogen and oxygen atoms in total. The molecule has 0 saturated heterocycles. The van der Waals surface area contributed by atoms with Crippen LogP contribution in [-0.2, 0) is 9.53 Å². The molecule has 0 aromatic heterocycles. The Bertz CT molecular complexity index is 550. The van der Waals surface area contributed by atoms with Crippen molar-refractivity contribution in [3.63, 3.8) is 0 Å². The van der Waals surface area contributed by atoms with Crippen LogP contribution in [0.3, 0.4) is 0 Å². The number of hydrogen-bond acceptors (Lipinski definition) is 4. The molecule has 1 rings (SSSR count). The summed E-state index contributed by atoms with van der Waals surface area (Å²) < 4.78 is 33.8. The summed E-state index contributed by atoms with van der Waals surface area (Å²) in [6.45, 7) is 0.138. The third kappa shape index (κ3) is 4.44. The van der Waals surface area contributed by atoms with Gasteiger partial charge < -0.3 is 14.6 Å². The van der Waals surface area contributed by atoms with Crippen LogP contribution in [0.1, 0.15) is 11.6 Å². The minimum absolute atomic E-state index is 0.0895. The average molecular weight is 315 g/mol. The second-order valence-corrected chi connectivity index (χ2v) is 4.13. The summed E-state index contributed by atoms with van der Waals surface area (Å²) in [5.41, 5.74) is -0.0895. The van der Waals surface area contributed by atoms with E-state index in [2.05, 4.69) is 11.3 Å². The van der Waals surface area contributed by atoms with E-state index >= 15 is 0 Å². The normalized spacial score (nSPS) is 11.6. The van der Waals surface area contributed by atoms with Crippen molar-refractivity contribution in [2.75, 3.05) is 13.7 Å². The molecule has 0 aliphatic rings. The monoisotopic (exact) mass is 315 g/mol. The third-order valence-electron chi connectivity index (χ3n) is 2.66. The van der Waals surface area contributed by atoms with Gasteiger partial charge in [-0.1, -0.05) is 30.9 Å². The second kappa shape index (κ2) is 7.96. The number of alkyl halides is 2. The zero-order valence-corrected chi connectivity index (χ0v) is 11.7. The minimum Gasteiger partial charge on any atom is -0.479 e. The number of nitrogens with zero attached hydrogens (tertiary/aromatic N) is 1. The molecule has 1 unspecified atom stereocenters. The van der Waals surface area contributed by atoms with E-state index in [4.69, 9.17) is 4.74 Å². The predicted octanol–water partition coefficient (Wildman–Crippen LogP) is 2.67. The quantitative estimate of drug-likeness (QED) is 0.783. The smallest absolute Gasteiger partial charge is 0.410 e. The van der Waals surface area contributed by atoms with Crippen molar-refractivity contribution in [3.05, 3.63) is 42.5 Å². The molecule has 8 heteroatoms. The van der Waals surface area contributed by atoms with Gasteiger partial charge in [-0.3, -0.25) is 4.90 Å². The summed E-state index contributed by atoms with van der Waals surface area (Å²) in [5, 5.41) is 9.32. The highest BCUT2D eigenvalue weighted by Gasteiger charge is 2.32. The molecule has 0 aliphatic heterocycles. The number of halogens is 2. The van der Waals surface area contributed by atoms with Crippen molar-refractivity contribution in [1.29, 1.82) is 0 Å². The van der Waals surface area contributed by atoms with Crippen molar-refractivity contribution in [1.82, 2.24) is 4.90 Å². The molecule has 0 heterocycles. The van der Waals surface area contributed by atoms with Crippen molar-refractivity contribution in [2.45, 2.75) is 12.7 Å². The average Bonchev–Trinajstić information content (AvgIpc) is 2.45. The van der Waals surface area contributed by atoms with E-state index in [1.54, 1.807) is 0 Å². The first-order valence-corrected chi connectivity index (χ1v) is 6.15. The topological polar surface area (TPSA) is 76.1 Å². The summed E-state index contributed by atoms with van der Waals surface area (Å²) in [7, 11) is 1.18. The second-order valence-electron chi connectivity index (χ2n) is 4.13. The minimum atomic E-state index is -3.12. The molecule has 1 aromatic rings. The molecule has 0 spiro atoms. The van der Waals surface area contributed by atoms with Crippen LogP contribution in [0.25, 0.3) is 0 Å². The third-order valence-corrected chi connectivity index (χ3v) is 2.66. The Balaban J connectivity index is 3.13. The fraction of sp³-hybridized carbons (Fsp3) is 0.286. The molecule has 1 aromatic carbocycles. The van der Waals surface area contributed by atoms with Crippen molar-refractivity contribution < 1.29 is 33.0 Å². The number of likely N-dealkylation sites (N-methyl/N-ethyl adjacent to an activating group) is 1. The summed E-state index contributed by atoms with van der Waals surface area (Å²) in [6, 6.07) is 3.81. The van der Waals surface area contributed by atoms with E-state index in [0.717, 1.165) is 4.90 Å². The molecular formula is C14H15F2NO5. The lowest BCUT2D eigenvalue weighted by atomic mass is 10.0. The lowest BCUT2D eigenvalue weighted by Crippen LogP contribution is -2.36. The Hall–Kier alpha value is -2.64. The Morgan fingerprint density at radius 2 is 2.05 bits per heavy atom. The lowest BCUT2D eigenvalue weighted by molar-refractivity contribution is -0.142. The van der Waals surface area contributed by atoms with Crippen LogP contribution in [0.5, 0.6) is 5.75 Å².